The minimum absolute atomic E-state index is 0.300. The number of nitrogens with zero attached hydrogens (tertiary/aromatic N) is 3. The molecule has 0 unspecified atom stereocenters. The molecule has 3 N–H and O–H groups in total. The quantitative estimate of drug-likeness (QED) is 0.455. The lowest BCUT2D eigenvalue weighted by atomic mass is 10.2. The van der Waals surface area contributed by atoms with Gasteiger partial charge in [-0.05, 0) is 6.92 Å². The SMILES string of the molecule is CCOC(=O)c1cnc2c(cnn2C)c1NN. The van der Waals surface area contributed by atoms with Gasteiger partial charge in [-0.2, -0.15) is 5.10 Å². The Bertz CT molecular complexity index is 563. The van der Waals surface area contributed by atoms with Crippen LogP contribution in [0.4, 0.5) is 5.69 Å². The summed E-state index contributed by atoms with van der Waals surface area (Å²) in [6, 6.07) is 0. The number of nitrogens with one attached hydrogen (secondary N) is 1. The van der Waals surface area contributed by atoms with E-state index in [0.29, 0.717) is 28.9 Å². The molecule has 0 bridgehead atoms. The van der Waals surface area contributed by atoms with E-state index in [0.717, 1.165) is 0 Å². The minimum atomic E-state index is -0.460. The second-order valence-electron chi connectivity index (χ2n) is 3.42. The Morgan fingerprint density at radius 2 is 2.35 bits per heavy atom. The first-order chi connectivity index (χ1) is 8.19. The second-order valence-corrected chi connectivity index (χ2v) is 3.42. The monoisotopic (exact) mass is 235 g/mol. The molecule has 0 aromatic carbocycles. The maximum atomic E-state index is 11.7. The van der Waals surface area contributed by atoms with E-state index >= 15 is 0 Å². The number of ether oxygens (including phenoxy) is 1. The van der Waals surface area contributed by atoms with Crippen LogP contribution in [0.5, 0.6) is 0 Å². The topological polar surface area (TPSA) is 95.1 Å². The summed E-state index contributed by atoms with van der Waals surface area (Å²) in [5.41, 5.74) is 3.92. The van der Waals surface area contributed by atoms with Crippen LogP contribution in [0.3, 0.4) is 0 Å². The van der Waals surface area contributed by atoms with Crippen LogP contribution in [-0.2, 0) is 11.8 Å². The number of esters is 1. The van der Waals surface area contributed by atoms with Gasteiger partial charge in [-0.25, -0.2) is 9.78 Å². The van der Waals surface area contributed by atoms with Crippen LogP contribution in [0.15, 0.2) is 12.4 Å². The van der Waals surface area contributed by atoms with Crippen molar-refractivity contribution in [1.82, 2.24) is 14.8 Å². The molecule has 0 aliphatic carbocycles. The summed E-state index contributed by atoms with van der Waals surface area (Å²) in [7, 11) is 1.76. The third-order valence-electron chi connectivity index (χ3n) is 2.40. The van der Waals surface area contributed by atoms with Crippen LogP contribution < -0.4 is 11.3 Å². The zero-order valence-electron chi connectivity index (χ0n) is 9.60. The molecule has 0 aliphatic heterocycles. The van der Waals surface area contributed by atoms with Crippen molar-refractivity contribution in [3.05, 3.63) is 18.0 Å². The highest BCUT2D eigenvalue weighted by molar-refractivity contribution is 6.03. The third kappa shape index (κ3) is 1.80. The number of aromatic nitrogens is 3. The number of anilines is 1. The highest BCUT2D eigenvalue weighted by atomic mass is 16.5. The first-order valence-electron chi connectivity index (χ1n) is 5.13. The lowest BCUT2D eigenvalue weighted by Gasteiger charge is -2.08. The molecule has 2 rings (SSSR count). The first kappa shape index (κ1) is 11.3. The van der Waals surface area contributed by atoms with Crippen molar-refractivity contribution in [1.29, 1.82) is 0 Å². The normalized spacial score (nSPS) is 10.5. The molecule has 90 valence electrons. The molecule has 7 nitrogen and oxygen atoms in total. The molecule has 0 atom stereocenters. The molecule has 2 aromatic heterocycles. The fourth-order valence-corrected chi connectivity index (χ4v) is 1.61. The molecule has 17 heavy (non-hydrogen) atoms. The molecule has 0 fully saturated rings. The zero-order chi connectivity index (χ0) is 12.4. The predicted octanol–water partition coefficient (Wildman–Crippen LogP) is 0.431. The molecular formula is C10H13N5O2. The van der Waals surface area contributed by atoms with Crippen molar-refractivity contribution in [3.63, 3.8) is 0 Å². The van der Waals surface area contributed by atoms with Gasteiger partial charge in [-0.3, -0.25) is 10.5 Å². The van der Waals surface area contributed by atoms with Gasteiger partial charge in [0.1, 0.15) is 5.56 Å². The van der Waals surface area contributed by atoms with Crippen LogP contribution in [0.25, 0.3) is 11.0 Å². The summed E-state index contributed by atoms with van der Waals surface area (Å²) < 4.78 is 6.53. The summed E-state index contributed by atoms with van der Waals surface area (Å²) in [6.45, 7) is 2.04. The number of aryl methyl sites for hydroxylation is 1. The molecule has 0 saturated heterocycles. The van der Waals surface area contributed by atoms with Gasteiger partial charge in [0.15, 0.2) is 5.65 Å². The van der Waals surface area contributed by atoms with Gasteiger partial charge < -0.3 is 10.2 Å². The van der Waals surface area contributed by atoms with Crippen molar-refractivity contribution in [2.45, 2.75) is 6.92 Å². The average Bonchev–Trinajstić information content (AvgIpc) is 2.70. The number of hydrogen-bond acceptors (Lipinski definition) is 6. The van der Waals surface area contributed by atoms with Crippen LogP contribution in [0.1, 0.15) is 17.3 Å². The maximum absolute atomic E-state index is 11.7. The molecule has 2 heterocycles. The number of carbonyl (C=O) groups is 1. The van der Waals surface area contributed by atoms with Crippen LogP contribution >= 0.6 is 0 Å². The van der Waals surface area contributed by atoms with Gasteiger partial charge >= 0.3 is 5.97 Å². The van der Waals surface area contributed by atoms with Gasteiger partial charge in [-0.1, -0.05) is 0 Å². The van der Waals surface area contributed by atoms with Crippen molar-refractivity contribution in [3.8, 4) is 0 Å². The number of hydrazine groups is 1. The Morgan fingerprint density at radius 1 is 1.59 bits per heavy atom. The van der Waals surface area contributed by atoms with Crippen molar-refractivity contribution < 1.29 is 9.53 Å². The van der Waals surface area contributed by atoms with Crippen LogP contribution in [-0.4, -0.2) is 27.3 Å². The minimum Gasteiger partial charge on any atom is -0.462 e. The molecule has 0 amide bonds. The van der Waals surface area contributed by atoms with Crippen LogP contribution in [0.2, 0.25) is 0 Å². The van der Waals surface area contributed by atoms with Gasteiger partial charge in [0.25, 0.3) is 0 Å². The highest BCUT2D eigenvalue weighted by Crippen LogP contribution is 2.25. The van der Waals surface area contributed by atoms with E-state index in [-0.39, 0.29) is 0 Å². The lowest BCUT2D eigenvalue weighted by molar-refractivity contribution is 0.0527. The van der Waals surface area contributed by atoms with E-state index in [9.17, 15) is 4.79 Å². The Balaban J connectivity index is 2.61. The Morgan fingerprint density at radius 3 is 3.00 bits per heavy atom. The Hall–Kier alpha value is -2.15. The largest absolute Gasteiger partial charge is 0.462 e. The summed E-state index contributed by atoms with van der Waals surface area (Å²) in [5.74, 6) is 4.98. The molecule has 0 aliphatic rings. The Labute approximate surface area is 97.5 Å². The summed E-state index contributed by atoms with van der Waals surface area (Å²) in [5, 5.41) is 4.74. The number of fused-ring (bicyclic) bond motifs is 1. The summed E-state index contributed by atoms with van der Waals surface area (Å²) in [6.07, 6.45) is 3.03. The van der Waals surface area contributed by atoms with Crippen molar-refractivity contribution in [2.24, 2.45) is 12.9 Å². The van der Waals surface area contributed by atoms with Gasteiger partial charge in [0.2, 0.25) is 0 Å². The summed E-state index contributed by atoms with van der Waals surface area (Å²) in [4.78, 5) is 15.8. The van der Waals surface area contributed by atoms with E-state index < -0.39 is 5.97 Å². The molecule has 0 radical (unpaired) electrons. The molecule has 2 aromatic rings. The number of nitrogen functional groups attached to an aromatic ring is 1. The number of nitrogens with two attached hydrogens (primary N) is 1. The van der Waals surface area contributed by atoms with Crippen molar-refractivity contribution in [2.75, 3.05) is 12.0 Å². The van der Waals surface area contributed by atoms with E-state index in [2.05, 4.69) is 15.5 Å². The molecular weight excluding hydrogens is 222 g/mol. The van der Waals surface area contributed by atoms with Gasteiger partial charge in [-0.15, -0.1) is 0 Å². The van der Waals surface area contributed by atoms with E-state index in [4.69, 9.17) is 10.6 Å². The van der Waals surface area contributed by atoms with E-state index in [1.807, 2.05) is 0 Å². The Kier molecular flexibility index (Phi) is 2.92. The summed E-state index contributed by atoms with van der Waals surface area (Å²) >= 11 is 0. The molecule has 7 heteroatoms. The zero-order valence-corrected chi connectivity index (χ0v) is 9.60. The van der Waals surface area contributed by atoms with Crippen molar-refractivity contribution >= 4 is 22.7 Å². The molecule has 0 spiro atoms. The number of carbonyl (C=O) groups excluding carboxylic acids is 1. The second kappa shape index (κ2) is 4.38. The van der Waals surface area contributed by atoms with Gasteiger partial charge in [0, 0.05) is 13.2 Å². The van der Waals surface area contributed by atoms with Gasteiger partial charge in [0.05, 0.1) is 23.9 Å². The fourth-order valence-electron chi connectivity index (χ4n) is 1.61. The van der Waals surface area contributed by atoms with Crippen LogP contribution in [0, 0.1) is 0 Å². The van der Waals surface area contributed by atoms with E-state index in [1.54, 1.807) is 24.9 Å². The highest BCUT2D eigenvalue weighted by Gasteiger charge is 2.17. The third-order valence-corrected chi connectivity index (χ3v) is 2.40. The smallest absolute Gasteiger partial charge is 0.341 e. The number of rotatable bonds is 3. The number of hydrogen-bond donors (Lipinski definition) is 2. The average molecular weight is 235 g/mol. The maximum Gasteiger partial charge on any atom is 0.341 e. The number of pyridine rings is 1. The van der Waals surface area contributed by atoms with E-state index in [1.165, 1.54) is 6.20 Å². The fraction of sp³-hybridized carbons (Fsp3) is 0.300. The predicted molar refractivity (Wildman–Crippen MR) is 62.3 cm³/mol. The molecule has 0 saturated carbocycles. The first-order valence-corrected chi connectivity index (χ1v) is 5.13. The standard InChI is InChI=1S/C10H13N5O2/c1-3-17-10(16)7-4-12-9-6(8(7)14-11)5-13-15(9)2/h4-5H,3,11H2,1-2H3,(H,12,14). The lowest BCUT2D eigenvalue weighted by Crippen LogP contribution is -2.14.